The van der Waals surface area contributed by atoms with E-state index in [1.807, 2.05) is 0 Å². The summed E-state index contributed by atoms with van der Waals surface area (Å²) in [6.45, 7) is 0. The summed E-state index contributed by atoms with van der Waals surface area (Å²) in [5.41, 5.74) is 0. The van der Waals surface area contributed by atoms with E-state index in [-0.39, 0.29) is 64.9 Å². The van der Waals surface area contributed by atoms with Crippen LogP contribution in [0.1, 0.15) is 0 Å². The second kappa shape index (κ2) is 110. The molecule has 0 radical (unpaired) electrons. The van der Waals surface area contributed by atoms with Crippen LogP contribution in [-0.4, -0.2) is 46.1 Å². The molecule has 6 heavy (non-hydrogen) atoms. The van der Waals surface area contributed by atoms with Gasteiger partial charge in [-0.15, -0.1) is 0 Å². The van der Waals surface area contributed by atoms with Crippen molar-refractivity contribution in [3.05, 3.63) is 0 Å². The van der Waals surface area contributed by atoms with Crippen LogP contribution in [0.2, 0.25) is 0 Å². The van der Waals surface area contributed by atoms with E-state index in [0.29, 0.717) is 0 Å². The first kappa shape index (κ1) is 181. The molecule has 0 unspecified atom stereocenters. The van der Waals surface area contributed by atoms with Crippen molar-refractivity contribution >= 4 is 46.1 Å². The molecule has 0 aliphatic heterocycles. The molecule has 6 heteroatoms. The molecule has 0 aliphatic carbocycles. The van der Waals surface area contributed by atoms with Gasteiger partial charge >= 0.3 is 46.1 Å². The van der Waals surface area contributed by atoms with Crippen LogP contribution in [-0.2, 0) is 0 Å². The van der Waals surface area contributed by atoms with Crippen LogP contribution in [0, 0.1) is 0 Å². The molecule has 0 nitrogen and oxygen atoms in total. The van der Waals surface area contributed by atoms with E-state index in [9.17, 15) is 0 Å². The second-order valence-electron chi connectivity index (χ2n) is 0. The van der Waals surface area contributed by atoms with Crippen LogP contribution in [0.15, 0.2) is 0 Å². The van der Waals surface area contributed by atoms with E-state index < -0.39 is 0 Å². The van der Waals surface area contributed by atoms with E-state index >= 15 is 0 Å². The summed E-state index contributed by atoms with van der Waals surface area (Å²) in [6, 6.07) is 0. The standard InChI is InChI=1S/4FH.2Mg/h4*1H;;/q;;;;2*+2/p-4. The maximum Gasteiger partial charge on any atom is 2.00 e. The summed E-state index contributed by atoms with van der Waals surface area (Å²) < 4.78 is 0. The molecular formula is F4Mg2. The summed E-state index contributed by atoms with van der Waals surface area (Å²) in [6.07, 6.45) is 0. The monoisotopic (exact) mass is 124 g/mol. The molecule has 32 valence electrons. The molecule has 0 fully saturated rings. The Balaban J connectivity index is 0. The topological polar surface area (TPSA) is 0 Å². The molecule has 0 bridgehead atoms. The summed E-state index contributed by atoms with van der Waals surface area (Å²) in [5.74, 6) is 0. The molecule has 0 aromatic carbocycles. The third-order valence-corrected chi connectivity index (χ3v) is 0. The van der Waals surface area contributed by atoms with Gasteiger partial charge in [0.15, 0.2) is 0 Å². The van der Waals surface area contributed by atoms with E-state index in [1.54, 1.807) is 0 Å². The van der Waals surface area contributed by atoms with Crippen molar-refractivity contribution in [2.24, 2.45) is 0 Å². The summed E-state index contributed by atoms with van der Waals surface area (Å²) in [5, 5.41) is 0. The fourth-order valence-corrected chi connectivity index (χ4v) is 0. The van der Waals surface area contributed by atoms with Gasteiger partial charge in [-0.2, -0.15) is 0 Å². The summed E-state index contributed by atoms with van der Waals surface area (Å²) in [4.78, 5) is 0. The maximum atomic E-state index is 0. The predicted octanol–water partition coefficient (Wildman–Crippen LogP) is -12.7. The quantitative estimate of drug-likeness (QED) is 0.222. The van der Waals surface area contributed by atoms with Crippen molar-refractivity contribution in [1.29, 1.82) is 0 Å². The molecule has 0 saturated carbocycles. The SMILES string of the molecule is [F-].[F-].[F-].[F-].[Mg+2].[Mg+2]. The van der Waals surface area contributed by atoms with Gasteiger partial charge < -0.3 is 18.8 Å². The first-order valence-corrected chi connectivity index (χ1v) is 0. The van der Waals surface area contributed by atoms with Crippen molar-refractivity contribution in [3.63, 3.8) is 0 Å². The minimum atomic E-state index is 0. The number of hydrogen-bond donors (Lipinski definition) is 0. The Morgan fingerprint density at radius 1 is 0.333 bits per heavy atom. The molecule has 0 saturated heterocycles. The average Bonchev–Trinajstić information content (AvgIpc) is 0. The third kappa shape index (κ3) is 60.5. The van der Waals surface area contributed by atoms with E-state index in [4.69, 9.17) is 0 Å². The molecular weight excluding hydrogens is 125 g/mol. The molecule has 0 aliphatic rings. The van der Waals surface area contributed by atoms with Gasteiger partial charge in [-0.1, -0.05) is 0 Å². The van der Waals surface area contributed by atoms with E-state index in [2.05, 4.69) is 0 Å². The molecule has 0 aromatic rings. The normalized spacial score (nSPS) is 0. The minimum absolute atomic E-state index is 0. The number of hydrogen-bond acceptors (Lipinski definition) is 0. The van der Waals surface area contributed by atoms with Crippen molar-refractivity contribution in [2.45, 2.75) is 0 Å². The Labute approximate surface area is 64.8 Å². The molecule has 0 atom stereocenters. The zero-order valence-corrected chi connectivity index (χ0v) is 5.75. The van der Waals surface area contributed by atoms with Gasteiger partial charge in [0, 0.05) is 0 Å². The van der Waals surface area contributed by atoms with Crippen LogP contribution >= 0.6 is 0 Å². The maximum absolute atomic E-state index is 0. The fourth-order valence-electron chi connectivity index (χ4n) is 0. The average molecular weight is 125 g/mol. The van der Waals surface area contributed by atoms with Crippen molar-refractivity contribution in [1.82, 2.24) is 0 Å². The molecule has 0 N–H and O–H groups in total. The third-order valence-electron chi connectivity index (χ3n) is 0. The van der Waals surface area contributed by atoms with Gasteiger partial charge in [0.05, 0.1) is 0 Å². The fraction of sp³-hybridized carbons (Fsp3) is 0. The summed E-state index contributed by atoms with van der Waals surface area (Å²) in [7, 11) is 0. The van der Waals surface area contributed by atoms with Crippen LogP contribution in [0.25, 0.3) is 0 Å². The molecule has 0 amide bonds. The first-order valence-electron chi connectivity index (χ1n) is 0. The predicted molar refractivity (Wildman–Crippen MR) is 11.5 cm³/mol. The van der Waals surface area contributed by atoms with E-state index in [0.717, 1.165) is 0 Å². The first-order chi connectivity index (χ1) is 0. The van der Waals surface area contributed by atoms with Gasteiger partial charge in [-0.3, -0.25) is 0 Å². The Bertz CT molecular complexity index is 5.51. The van der Waals surface area contributed by atoms with Crippen LogP contribution in [0.4, 0.5) is 0 Å². The minimum Gasteiger partial charge on any atom is -1.00 e. The second-order valence-corrected chi connectivity index (χ2v) is 0. The summed E-state index contributed by atoms with van der Waals surface area (Å²) >= 11 is 0. The zero-order chi connectivity index (χ0) is 0. The van der Waals surface area contributed by atoms with E-state index in [1.165, 1.54) is 0 Å². The van der Waals surface area contributed by atoms with Crippen molar-refractivity contribution in [3.8, 4) is 0 Å². The van der Waals surface area contributed by atoms with Crippen LogP contribution in [0.5, 0.6) is 0 Å². The Hall–Kier alpha value is 1.25. The number of rotatable bonds is 0. The Morgan fingerprint density at radius 3 is 0.333 bits per heavy atom. The molecule has 0 rings (SSSR count). The van der Waals surface area contributed by atoms with Gasteiger partial charge in [0.1, 0.15) is 0 Å². The van der Waals surface area contributed by atoms with Gasteiger partial charge in [0.2, 0.25) is 0 Å². The van der Waals surface area contributed by atoms with Gasteiger partial charge in [-0.25, -0.2) is 0 Å². The smallest absolute Gasteiger partial charge is 1.00 e. The van der Waals surface area contributed by atoms with Gasteiger partial charge in [-0.05, 0) is 0 Å². The van der Waals surface area contributed by atoms with Crippen LogP contribution in [0.3, 0.4) is 0 Å². The molecule has 0 heterocycles. The Kier molecular flexibility index (Phi) is 3310. The Morgan fingerprint density at radius 2 is 0.333 bits per heavy atom. The molecule has 0 aromatic heterocycles. The van der Waals surface area contributed by atoms with Gasteiger partial charge in [0.25, 0.3) is 0 Å². The molecule has 0 spiro atoms. The largest absolute Gasteiger partial charge is 2.00 e. The van der Waals surface area contributed by atoms with Crippen LogP contribution < -0.4 is 18.8 Å². The zero-order valence-electron chi connectivity index (χ0n) is 2.93. The van der Waals surface area contributed by atoms with Crippen molar-refractivity contribution in [2.75, 3.05) is 0 Å². The van der Waals surface area contributed by atoms with Crippen molar-refractivity contribution < 1.29 is 18.8 Å². The number of halogens is 4.